The maximum atomic E-state index is 12.7. The van der Waals surface area contributed by atoms with Crippen LogP contribution < -0.4 is 4.43 Å². The summed E-state index contributed by atoms with van der Waals surface area (Å²) in [5.74, 6) is -1.17. The summed E-state index contributed by atoms with van der Waals surface area (Å²) in [6.07, 6.45) is 0. The summed E-state index contributed by atoms with van der Waals surface area (Å²) in [4.78, 5) is 24.7. The van der Waals surface area contributed by atoms with E-state index in [0.717, 1.165) is 16.3 Å². The van der Waals surface area contributed by atoms with Crippen molar-refractivity contribution < 1.29 is 28.6 Å². The van der Waals surface area contributed by atoms with Crippen LogP contribution in [0.2, 0.25) is 16.6 Å². The molecule has 0 aliphatic rings. The molecule has 2 aromatic carbocycles. The Hall–Kier alpha value is -2.38. The molecule has 0 aliphatic carbocycles. The average Bonchev–Trinajstić information content (AvgIpc) is 2.71. The number of hydrogen-bond acceptors (Lipinski definition) is 5. The lowest BCUT2D eigenvalue weighted by molar-refractivity contribution is 0.0382. The van der Waals surface area contributed by atoms with Crippen molar-refractivity contribution in [1.82, 2.24) is 0 Å². The monoisotopic (exact) mass is 460 g/mol. The predicted molar refractivity (Wildman–Crippen MR) is 129 cm³/mol. The number of aryl methyl sites for hydroxylation is 1. The summed E-state index contributed by atoms with van der Waals surface area (Å²) in [7, 11) is -0.751. The smallest absolute Gasteiger partial charge is 0.339 e. The van der Waals surface area contributed by atoms with E-state index >= 15 is 0 Å². The highest BCUT2D eigenvalue weighted by atomic mass is 28.4. The molecule has 176 valence electrons. The molecular weight excluding hydrogens is 424 g/mol. The van der Waals surface area contributed by atoms with Gasteiger partial charge < -0.3 is 19.0 Å². The molecule has 1 N–H and O–H groups in total. The van der Waals surface area contributed by atoms with Crippen LogP contribution in [-0.4, -0.2) is 45.7 Å². The van der Waals surface area contributed by atoms with Crippen LogP contribution in [0.4, 0.5) is 0 Å². The van der Waals surface area contributed by atoms with E-state index < -0.39 is 20.3 Å². The fraction of sp³-hybridized carbons (Fsp3) is 0.520. The van der Waals surface area contributed by atoms with Crippen molar-refractivity contribution in [2.75, 3.05) is 20.3 Å². The average molecular weight is 461 g/mol. The number of carboxylic acids is 1. The summed E-state index contributed by atoms with van der Waals surface area (Å²) in [5.41, 5.74) is 1.96. The van der Waals surface area contributed by atoms with Gasteiger partial charge in [0, 0.05) is 12.5 Å². The molecule has 0 aliphatic heterocycles. The number of carbonyl (C=O) groups is 2. The SMILES string of the molecule is COCCOC(=O)c1cc2c(O[Si](C(C)C)(C(C)C)C(C)C)ccc(C)c2cc1C(=O)O. The van der Waals surface area contributed by atoms with Gasteiger partial charge in [-0.15, -0.1) is 0 Å². The second-order valence-electron chi connectivity index (χ2n) is 9.18. The first kappa shape index (κ1) is 25.9. The van der Waals surface area contributed by atoms with E-state index in [-0.39, 0.29) is 24.3 Å². The first-order valence-electron chi connectivity index (χ1n) is 11.1. The third kappa shape index (κ3) is 4.99. The molecule has 0 radical (unpaired) electrons. The van der Waals surface area contributed by atoms with Crippen molar-refractivity contribution >= 4 is 31.0 Å². The standard InChI is InChI=1S/C25H36O6Si/c1-15(2)32(16(3)4,17(5)6)31-23-10-9-18(7)19-13-21(24(26)27)22(14-20(19)23)25(28)30-12-11-29-8/h9-10,13-17H,11-12H2,1-8H3,(H,26,27). The quantitative estimate of drug-likeness (QED) is 0.258. The Balaban J connectivity index is 2.73. The van der Waals surface area contributed by atoms with E-state index in [1.807, 2.05) is 19.1 Å². The van der Waals surface area contributed by atoms with E-state index in [9.17, 15) is 14.7 Å². The van der Waals surface area contributed by atoms with Gasteiger partial charge in [0.05, 0.1) is 17.7 Å². The van der Waals surface area contributed by atoms with E-state index in [4.69, 9.17) is 13.9 Å². The summed E-state index contributed by atoms with van der Waals surface area (Å²) in [6, 6.07) is 7.04. The largest absolute Gasteiger partial charge is 0.542 e. The van der Waals surface area contributed by atoms with Gasteiger partial charge in [0.15, 0.2) is 0 Å². The van der Waals surface area contributed by atoms with Crippen LogP contribution in [0.3, 0.4) is 0 Å². The minimum atomic E-state index is -2.26. The van der Waals surface area contributed by atoms with Gasteiger partial charge in [0.1, 0.15) is 12.4 Å². The maximum absolute atomic E-state index is 12.7. The molecule has 0 saturated heterocycles. The second-order valence-corrected chi connectivity index (χ2v) is 14.6. The highest BCUT2D eigenvalue weighted by molar-refractivity contribution is 6.78. The highest BCUT2D eigenvalue weighted by Gasteiger charge is 2.47. The molecule has 32 heavy (non-hydrogen) atoms. The minimum absolute atomic E-state index is 0.0162. The van der Waals surface area contributed by atoms with Crippen molar-refractivity contribution in [3.8, 4) is 5.75 Å². The fourth-order valence-electron chi connectivity index (χ4n) is 4.78. The molecule has 7 heteroatoms. The van der Waals surface area contributed by atoms with Gasteiger partial charge in [-0.1, -0.05) is 47.6 Å². The minimum Gasteiger partial charge on any atom is -0.542 e. The number of fused-ring (bicyclic) bond motifs is 1. The van der Waals surface area contributed by atoms with Crippen LogP contribution >= 0.6 is 0 Å². The van der Waals surface area contributed by atoms with Gasteiger partial charge in [0.2, 0.25) is 0 Å². The first-order valence-corrected chi connectivity index (χ1v) is 13.3. The van der Waals surface area contributed by atoms with E-state index in [1.54, 1.807) is 12.1 Å². The third-order valence-corrected chi connectivity index (χ3v) is 12.3. The Morgan fingerprint density at radius 1 is 0.906 bits per heavy atom. The van der Waals surface area contributed by atoms with Gasteiger partial charge in [-0.05, 0) is 52.7 Å². The van der Waals surface area contributed by atoms with E-state index in [1.165, 1.54) is 7.11 Å². The molecule has 0 amide bonds. The van der Waals surface area contributed by atoms with Crippen molar-refractivity contribution in [1.29, 1.82) is 0 Å². The lowest BCUT2D eigenvalue weighted by Gasteiger charge is -2.42. The van der Waals surface area contributed by atoms with Gasteiger partial charge in [-0.25, -0.2) is 9.59 Å². The zero-order chi connectivity index (χ0) is 24.2. The van der Waals surface area contributed by atoms with Crippen LogP contribution in [-0.2, 0) is 9.47 Å². The number of carboxylic acid groups (broad SMARTS) is 1. The molecule has 2 aromatic rings. The van der Waals surface area contributed by atoms with Crippen LogP contribution in [0.25, 0.3) is 10.8 Å². The molecule has 2 rings (SSSR count). The summed E-state index contributed by atoms with van der Waals surface area (Å²) < 4.78 is 17.1. The number of esters is 1. The Labute approximate surface area is 192 Å². The maximum Gasteiger partial charge on any atom is 0.339 e. The molecule has 0 unspecified atom stereocenters. The molecule has 0 saturated carbocycles. The zero-order valence-corrected chi connectivity index (χ0v) is 21.4. The molecular formula is C25H36O6Si. The fourth-order valence-corrected chi connectivity index (χ4v) is 10.1. The van der Waals surface area contributed by atoms with Crippen molar-refractivity contribution in [3.63, 3.8) is 0 Å². The highest BCUT2D eigenvalue weighted by Crippen LogP contribution is 2.44. The Kier molecular flexibility index (Phi) is 8.48. The molecule has 0 atom stereocenters. The van der Waals surface area contributed by atoms with E-state index in [0.29, 0.717) is 22.4 Å². The molecule has 6 nitrogen and oxygen atoms in total. The number of hydrogen-bond donors (Lipinski definition) is 1. The Morgan fingerprint density at radius 2 is 1.47 bits per heavy atom. The van der Waals surface area contributed by atoms with E-state index in [2.05, 4.69) is 41.5 Å². The van der Waals surface area contributed by atoms with Crippen molar-refractivity contribution in [2.45, 2.75) is 65.1 Å². The number of benzene rings is 2. The molecule has 0 fully saturated rings. The topological polar surface area (TPSA) is 82.1 Å². The summed E-state index contributed by atoms with van der Waals surface area (Å²) in [5, 5.41) is 11.2. The van der Waals surface area contributed by atoms with Crippen LogP contribution in [0.5, 0.6) is 5.75 Å². The summed E-state index contributed by atoms with van der Waals surface area (Å²) in [6.45, 7) is 15.5. The number of ether oxygens (including phenoxy) is 2. The molecule has 0 heterocycles. The predicted octanol–water partition coefficient (Wildman–Crippen LogP) is 6.20. The van der Waals surface area contributed by atoms with Gasteiger partial charge in [-0.2, -0.15) is 0 Å². The van der Waals surface area contributed by atoms with Crippen LogP contribution in [0.15, 0.2) is 24.3 Å². The Bertz CT molecular complexity index is 958. The Morgan fingerprint density at radius 3 is 1.97 bits per heavy atom. The lowest BCUT2D eigenvalue weighted by atomic mass is 9.97. The first-order chi connectivity index (χ1) is 15.0. The molecule has 0 bridgehead atoms. The lowest BCUT2D eigenvalue weighted by Crippen LogP contribution is -2.50. The number of carbonyl (C=O) groups excluding carboxylic acids is 1. The van der Waals surface area contributed by atoms with Crippen molar-refractivity contribution in [3.05, 3.63) is 41.0 Å². The van der Waals surface area contributed by atoms with Gasteiger partial charge >= 0.3 is 11.9 Å². The van der Waals surface area contributed by atoms with Crippen LogP contribution in [0.1, 0.15) is 67.8 Å². The molecule has 0 aromatic heterocycles. The number of rotatable bonds is 10. The van der Waals surface area contributed by atoms with Crippen LogP contribution in [0, 0.1) is 6.92 Å². The normalized spacial score (nSPS) is 12.1. The second kappa shape index (κ2) is 10.5. The summed E-state index contributed by atoms with van der Waals surface area (Å²) >= 11 is 0. The van der Waals surface area contributed by atoms with Gasteiger partial charge in [0.25, 0.3) is 8.32 Å². The molecule has 0 spiro atoms. The van der Waals surface area contributed by atoms with Gasteiger partial charge in [-0.3, -0.25) is 0 Å². The zero-order valence-electron chi connectivity index (χ0n) is 20.4. The number of methoxy groups -OCH3 is 1. The number of aromatic carboxylic acids is 1. The van der Waals surface area contributed by atoms with Crippen molar-refractivity contribution in [2.24, 2.45) is 0 Å². The third-order valence-electron chi connectivity index (χ3n) is 6.30.